The molecule has 5 N–H and O–H groups in total. The van der Waals surface area contributed by atoms with E-state index in [2.05, 4.69) is 19.9 Å². The van der Waals surface area contributed by atoms with Gasteiger partial charge in [0.05, 0.1) is 22.1 Å². The number of phenols is 1. The first-order chi connectivity index (χ1) is 21.1. The van der Waals surface area contributed by atoms with Gasteiger partial charge in [-0.2, -0.15) is 0 Å². The van der Waals surface area contributed by atoms with E-state index in [1.165, 1.54) is 10.6 Å². The predicted molar refractivity (Wildman–Crippen MR) is 170 cm³/mol. The highest BCUT2D eigenvalue weighted by molar-refractivity contribution is 6.02. The fraction of sp³-hybridized carbons (Fsp3) is 0.121. The number of amides is 2. The van der Waals surface area contributed by atoms with E-state index in [4.69, 9.17) is 11.5 Å². The highest BCUT2D eigenvalue weighted by Crippen LogP contribution is 2.33. The van der Waals surface area contributed by atoms with Crippen LogP contribution in [0.4, 0.5) is 0 Å². The van der Waals surface area contributed by atoms with Crippen molar-refractivity contribution < 1.29 is 14.7 Å². The summed E-state index contributed by atoms with van der Waals surface area (Å²) in [5.74, 6) is -0.886. The molecule has 0 atom stereocenters. The molecule has 11 nitrogen and oxygen atoms in total. The van der Waals surface area contributed by atoms with Gasteiger partial charge in [0, 0.05) is 66.4 Å². The summed E-state index contributed by atoms with van der Waals surface area (Å²) in [5, 5.41) is 9.88. The van der Waals surface area contributed by atoms with E-state index in [0.717, 1.165) is 11.1 Å². The van der Waals surface area contributed by atoms with Gasteiger partial charge in [-0.3, -0.25) is 34.3 Å². The molecule has 0 radical (unpaired) electrons. The Kier molecular flexibility index (Phi) is 9.39. The Hall–Kier alpha value is -5.97. The zero-order valence-corrected chi connectivity index (χ0v) is 24.6. The molecule has 0 fully saturated rings. The number of carbonyl (C=O) groups excluding carboxylic acids is 2. The Morgan fingerprint density at radius 3 is 1.80 bits per heavy atom. The number of nitrogens with two attached hydrogens (primary N) is 2. The van der Waals surface area contributed by atoms with Crippen molar-refractivity contribution in [3.8, 4) is 28.0 Å². The Balaban J connectivity index is 0.000000190. The molecule has 3 aromatic heterocycles. The second-order valence-electron chi connectivity index (χ2n) is 9.44. The Labute approximate surface area is 252 Å². The van der Waals surface area contributed by atoms with Gasteiger partial charge in [0.1, 0.15) is 5.75 Å². The number of pyridine rings is 1. The Morgan fingerprint density at radius 2 is 1.25 bits per heavy atom. The summed E-state index contributed by atoms with van der Waals surface area (Å²) < 4.78 is 1.47. The summed E-state index contributed by atoms with van der Waals surface area (Å²) in [5.41, 5.74) is 17.3. The van der Waals surface area contributed by atoms with Crippen LogP contribution in [-0.4, -0.2) is 41.4 Å². The third-order valence-corrected chi connectivity index (χ3v) is 6.73. The number of benzene rings is 3. The number of carbonyl (C=O) groups is 2. The first-order valence-corrected chi connectivity index (χ1v) is 13.7. The molecule has 0 bridgehead atoms. The molecule has 0 saturated heterocycles. The zero-order valence-electron chi connectivity index (χ0n) is 24.6. The molecule has 3 heterocycles. The third-order valence-electron chi connectivity index (χ3n) is 6.73. The maximum Gasteiger partial charge on any atom is 0.250 e. The van der Waals surface area contributed by atoms with Crippen molar-refractivity contribution in [3.63, 3.8) is 0 Å². The molecule has 0 aliphatic rings. The van der Waals surface area contributed by atoms with Gasteiger partial charge >= 0.3 is 0 Å². The summed E-state index contributed by atoms with van der Waals surface area (Å²) in [6, 6.07) is 15.0. The van der Waals surface area contributed by atoms with Crippen molar-refractivity contribution in [1.29, 1.82) is 0 Å². The molecule has 6 rings (SSSR count). The van der Waals surface area contributed by atoms with Gasteiger partial charge in [-0.1, -0.05) is 26.0 Å². The minimum Gasteiger partial charge on any atom is -0.508 e. The average Bonchev–Trinajstić information content (AvgIpc) is 3.04. The standard InChI is InChI=1S/C16H13N3O2.C15H12N4O2.C2H6/c1-9-11(3-2-4-14(9)20)12-7-10(16(17)21)8-13-15(12)19-6-5-18-13;1-19-5-2-9(8-13(19)20)11-6-10(15(16)21)7-12-14(11)18-4-3-17-12;1-2/h2-8,20H,1H3,(H2,17,21);2-8H,1H3,(H2,16,21);1-2H3. The number of aromatic hydroxyl groups is 1. The lowest BCUT2D eigenvalue weighted by Crippen LogP contribution is -2.14. The zero-order chi connectivity index (χ0) is 32.0. The molecule has 0 aliphatic carbocycles. The van der Waals surface area contributed by atoms with Crippen molar-refractivity contribution in [3.05, 3.63) is 113 Å². The molecule has 11 heteroatoms. The monoisotopic (exact) mass is 589 g/mol. The van der Waals surface area contributed by atoms with Crippen molar-refractivity contribution in [2.45, 2.75) is 20.8 Å². The van der Waals surface area contributed by atoms with Crippen LogP contribution in [0.5, 0.6) is 5.75 Å². The van der Waals surface area contributed by atoms with E-state index in [-0.39, 0.29) is 11.3 Å². The second-order valence-corrected chi connectivity index (χ2v) is 9.44. The van der Waals surface area contributed by atoms with Crippen LogP contribution in [0.15, 0.2) is 90.4 Å². The van der Waals surface area contributed by atoms with Crippen LogP contribution in [0.2, 0.25) is 0 Å². The SMILES string of the molecule is CC.Cc1c(O)cccc1-c1cc(C(N)=O)cc2nccnc12.Cn1ccc(-c2cc(C(N)=O)cc3nccnc23)cc1=O. The molecule has 44 heavy (non-hydrogen) atoms. The molecule has 2 amide bonds. The summed E-state index contributed by atoms with van der Waals surface area (Å²) in [6.45, 7) is 5.81. The van der Waals surface area contributed by atoms with Gasteiger partial charge in [0.25, 0.3) is 5.56 Å². The van der Waals surface area contributed by atoms with E-state index >= 15 is 0 Å². The highest BCUT2D eigenvalue weighted by atomic mass is 16.3. The van der Waals surface area contributed by atoms with Crippen LogP contribution in [0, 0.1) is 6.92 Å². The quantitative estimate of drug-likeness (QED) is 0.268. The van der Waals surface area contributed by atoms with Crippen LogP contribution < -0.4 is 17.0 Å². The van der Waals surface area contributed by atoms with Crippen molar-refractivity contribution in [2.24, 2.45) is 18.5 Å². The molecular weight excluding hydrogens is 558 g/mol. The largest absolute Gasteiger partial charge is 0.508 e. The van der Waals surface area contributed by atoms with E-state index in [0.29, 0.717) is 49.9 Å². The normalized spacial score (nSPS) is 10.4. The molecule has 0 spiro atoms. The predicted octanol–water partition coefficient (Wildman–Crippen LogP) is 4.53. The smallest absolute Gasteiger partial charge is 0.250 e. The number of phenolic OH excluding ortho intramolecular Hbond substituents is 1. The van der Waals surface area contributed by atoms with Crippen LogP contribution in [0.3, 0.4) is 0 Å². The first-order valence-electron chi connectivity index (χ1n) is 13.7. The number of nitrogens with zero attached hydrogens (tertiary/aromatic N) is 5. The van der Waals surface area contributed by atoms with E-state index < -0.39 is 11.8 Å². The number of hydrogen-bond acceptors (Lipinski definition) is 8. The van der Waals surface area contributed by atoms with Crippen LogP contribution in [-0.2, 0) is 7.05 Å². The Morgan fingerprint density at radius 1 is 0.727 bits per heavy atom. The number of aryl methyl sites for hydroxylation is 1. The van der Waals surface area contributed by atoms with Gasteiger partial charge in [-0.25, -0.2) is 0 Å². The van der Waals surface area contributed by atoms with Gasteiger partial charge < -0.3 is 21.1 Å². The summed E-state index contributed by atoms with van der Waals surface area (Å²) in [7, 11) is 1.67. The second kappa shape index (κ2) is 13.3. The van der Waals surface area contributed by atoms with Crippen molar-refractivity contribution >= 4 is 33.9 Å². The molecule has 6 aromatic rings. The van der Waals surface area contributed by atoms with Crippen LogP contribution >= 0.6 is 0 Å². The lowest BCUT2D eigenvalue weighted by Gasteiger charge is -2.11. The Bertz CT molecular complexity index is 2070. The van der Waals surface area contributed by atoms with Gasteiger partial charge in [0.2, 0.25) is 11.8 Å². The number of fused-ring (bicyclic) bond motifs is 2. The van der Waals surface area contributed by atoms with E-state index in [1.807, 2.05) is 26.8 Å². The first kappa shape index (κ1) is 31.0. The number of aromatic nitrogens is 5. The molecular formula is C33H31N7O4. The third kappa shape index (κ3) is 6.41. The van der Waals surface area contributed by atoms with E-state index in [9.17, 15) is 19.5 Å². The topological polar surface area (TPSA) is 180 Å². The van der Waals surface area contributed by atoms with Gasteiger partial charge in [-0.05, 0) is 60.0 Å². The highest BCUT2D eigenvalue weighted by Gasteiger charge is 2.14. The van der Waals surface area contributed by atoms with E-state index in [1.54, 1.807) is 80.5 Å². The minimum atomic E-state index is -0.548. The summed E-state index contributed by atoms with van der Waals surface area (Å²) in [4.78, 5) is 51.8. The lowest BCUT2D eigenvalue weighted by molar-refractivity contribution is 0.0992. The molecule has 0 unspecified atom stereocenters. The van der Waals surface area contributed by atoms with Gasteiger partial charge in [-0.15, -0.1) is 0 Å². The molecule has 3 aromatic carbocycles. The summed E-state index contributed by atoms with van der Waals surface area (Å²) >= 11 is 0. The number of primary amides is 2. The maximum absolute atomic E-state index is 11.8. The summed E-state index contributed by atoms with van der Waals surface area (Å²) in [6.07, 6.45) is 7.93. The number of rotatable bonds is 4. The average molecular weight is 590 g/mol. The lowest BCUT2D eigenvalue weighted by atomic mass is 9.96. The fourth-order valence-electron chi connectivity index (χ4n) is 4.49. The molecule has 0 aliphatic heterocycles. The van der Waals surface area contributed by atoms with Crippen LogP contribution in [0.25, 0.3) is 44.3 Å². The number of hydrogen-bond donors (Lipinski definition) is 3. The minimum absolute atomic E-state index is 0.144. The van der Waals surface area contributed by atoms with Gasteiger partial charge in [0.15, 0.2) is 0 Å². The fourth-order valence-corrected chi connectivity index (χ4v) is 4.49. The van der Waals surface area contributed by atoms with Crippen molar-refractivity contribution in [1.82, 2.24) is 24.5 Å². The van der Waals surface area contributed by atoms with Crippen molar-refractivity contribution in [2.75, 3.05) is 0 Å². The van der Waals surface area contributed by atoms with Crippen LogP contribution in [0.1, 0.15) is 40.1 Å². The maximum atomic E-state index is 11.8. The molecule has 0 saturated carbocycles. The molecule has 222 valence electrons.